The van der Waals surface area contributed by atoms with Crippen molar-refractivity contribution in [3.8, 4) is 22.5 Å². The summed E-state index contributed by atoms with van der Waals surface area (Å²) in [5.41, 5.74) is 5.01. The van der Waals surface area contributed by atoms with Crippen molar-refractivity contribution in [3.63, 3.8) is 0 Å². The van der Waals surface area contributed by atoms with E-state index in [9.17, 15) is 14.4 Å². The Morgan fingerprint density at radius 1 is 1.05 bits per heavy atom. The number of anilines is 1. The molecule has 1 N–H and O–H groups in total. The van der Waals surface area contributed by atoms with Crippen LogP contribution in [0.3, 0.4) is 0 Å². The highest BCUT2D eigenvalue weighted by atomic mass is 32.2. The largest absolute Gasteiger partial charge is 0.359 e. The maximum atomic E-state index is 13.8. The van der Waals surface area contributed by atoms with Crippen molar-refractivity contribution in [2.45, 2.75) is 54.1 Å². The van der Waals surface area contributed by atoms with E-state index in [-0.39, 0.29) is 41.8 Å². The average molecular weight is 574 g/mol. The number of para-hydroxylation sites is 1. The maximum Gasteiger partial charge on any atom is 0.315 e. The third kappa shape index (κ3) is 7.28. The van der Waals surface area contributed by atoms with Gasteiger partial charge >= 0.3 is 7.28 Å². The Morgan fingerprint density at radius 2 is 1.73 bits per heavy atom. The van der Waals surface area contributed by atoms with E-state index in [1.54, 1.807) is 11.9 Å². The first kappa shape index (κ1) is 30.6. The monoisotopic (exact) mass is 573 g/mol. The number of hydrogen-bond donors (Lipinski definition) is 1. The van der Waals surface area contributed by atoms with Gasteiger partial charge in [0, 0.05) is 36.4 Å². The molecule has 8 nitrogen and oxygen atoms in total. The van der Waals surface area contributed by atoms with Gasteiger partial charge in [-0.1, -0.05) is 82.3 Å². The molecule has 1 aromatic heterocycles. The number of benzene rings is 2. The lowest BCUT2D eigenvalue weighted by Gasteiger charge is -2.29. The lowest BCUT2D eigenvalue weighted by molar-refractivity contribution is -0.124. The summed E-state index contributed by atoms with van der Waals surface area (Å²) in [5.74, 6) is 1.04. The van der Waals surface area contributed by atoms with Crippen LogP contribution in [0.1, 0.15) is 46.6 Å². The number of nitrogens with one attached hydrogen (secondary N) is 1. The highest BCUT2D eigenvalue weighted by Gasteiger charge is 2.31. The smallest absolute Gasteiger partial charge is 0.315 e. The zero-order valence-electron chi connectivity index (χ0n) is 24.9. The number of fused-ring (bicyclic) bond motifs is 5. The molecule has 3 aromatic rings. The molecule has 1 aliphatic rings. The molecule has 1 aliphatic heterocycles. The summed E-state index contributed by atoms with van der Waals surface area (Å²) in [6.07, 6.45) is 0.723. The van der Waals surface area contributed by atoms with E-state index >= 15 is 0 Å². The maximum absolute atomic E-state index is 13.8. The minimum atomic E-state index is -0.225. The van der Waals surface area contributed by atoms with Crippen LogP contribution in [0.2, 0.25) is 0 Å². The zero-order chi connectivity index (χ0) is 29.7. The quantitative estimate of drug-likeness (QED) is 0.317. The van der Waals surface area contributed by atoms with Gasteiger partial charge in [-0.05, 0) is 35.1 Å². The molecule has 0 aliphatic carbocycles. The summed E-state index contributed by atoms with van der Waals surface area (Å²) >= 11 is 1.53. The number of carbonyl (C=O) groups excluding carboxylic acids is 3. The molecule has 1 unspecified atom stereocenters. The van der Waals surface area contributed by atoms with Crippen LogP contribution in [-0.2, 0) is 22.7 Å². The number of thioether (sulfide) groups is 1. The molecule has 0 saturated carbocycles. The number of carbonyl (C=O) groups is 3. The topological polar surface area (TPSA) is 97.2 Å². The fourth-order valence-electron chi connectivity index (χ4n) is 5.49. The molecule has 2 aromatic carbocycles. The third-order valence-corrected chi connectivity index (χ3v) is 8.79. The molecular weight excluding hydrogens is 533 g/mol. The van der Waals surface area contributed by atoms with Crippen molar-refractivity contribution in [1.29, 1.82) is 0 Å². The second-order valence-electron chi connectivity index (χ2n) is 12.1. The van der Waals surface area contributed by atoms with Crippen molar-refractivity contribution in [2.24, 2.45) is 17.3 Å². The lowest BCUT2D eigenvalue weighted by atomic mass is 9.72. The molecule has 2 amide bonds. The SMILES string of the molecule is CNC(=O)C(C)CC(C)(C)CSCC(=O)BC(=O)N1Cc2ccccc2-c2nnn(CC(C)C)c2-c2ccccc21. The Morgan fingerprint density at radius 3 is 2.44 bits per heavy atom. The molecular formula is C31H40BN5O3S. The molecule has 41 heavy (non-hydrogen) atoms. The van der Waals surface area contributed by atoms with Gasteiger partial charge in [0.1, 0.15) is 11.4 Å². The predicted molar refractivity (Wildman–Crippen MR) is 168 cm³/mol. The van der Waals surface area contributed by atoms with Crippen LogP contribution >= 0.6 is 11.8 Å². The van der Waals surface area contributed by atoms with Crippen molar-refractivity contribution < 1.29 is 14.4 Å². The van der Waals surface area contributed by atoms with E-state index in [1.165, 1.54) is 11.8 Å². The van der Waals surface area contributed by atoms with E-state index in [4.69, 9.17) is 0 Å². The molecule has 2 heterocycles. The van der Waals surface area contributed by atoms with Crippen LogP contribution in [0, 0.1) is 17.3 Å². The van der Waals surface area contributed by atoms with Crippen LogP contribution in [0.4, 0.5) is 10.5 Å². The Kier molecular flexibility index (Phi) is 9.74. The molecule has 0 saturated heterocycles. The van der Waals surface area contributed by atoms with Gasteiger partial charge < -0.3 is 15.0 Å². The Labute approximate surface area is 247 Å². The van der Waals surface area contributed by atoms with Crippen molar-refractivity contribution in [2.75, 3.05) is 23.5 Å². The van der Waals surface area contributed by atoms with Gasteiger partial charge in [-0.25, -0.2) is 4.68 Å². The minimum absolute atomic E-state index is 0.0232. The summed E-state index contributed by atoms with van der Waals surface area (Å²) in [6, 6.07) is 15.8. The van der Waals surface area contributed by atoms with Crippen LogP contribution in [0.25, 0.3) is 22.5 Å². The Hall–Kier alpha value is -3.40. The van der Waals surface area contributed by atoms with E-state index in [0.717, 1.165) is 45.9 Å². The van der Waals surface area contributed by atoms with Crippen LogP contribution in [0.5, 0.6) is 0 Å². The van der Waals surface area contributed by atoms with Gasteiger partial charge in [0.05, 0.1) is 17.9 Å². The summed E-state index contributed by atoms with van der Waals surface area (Å²) in [6.45, 7) is 11.4. The number of hydrogen-bond acceptors (Lipinski definition) is 6. The van der Waals surface area contributed by atoms with Gasteiger partial charge in [0.2, 0.25) is 5.91 Å². The van der Waals surface area contributed by atoms with Gasteiger partial charge in [0.25, 0.3) is 0 Å². The first-order valence-electron chi connectivity index (χ1n) is 14.2. The number of rotatable bonds is 11. The lowest BCUT2D eigenvalue weighted by Crippen LogP contribution is -2.38. The summed E-state index contributed by atoms with van der Waals surface area (Å²) in [7, 11) is 1.48. The molecule has 216 valence electrons. The fraction of sp³-hybridized carbons (Fsp3) is 0.452. The average Bonchev–Trinajstić information content (AvgIpc) is 3.31. The minimum Gasteiger partial charge on any atom is -0.359 e. The van der Waals surface area contributed by atoms with Crippen LogP contribution in [0.15, 0.2) is 48.5 Å². The Bertz CT molecular complexity index is 1420. The summed E-state index contributed by atoms with van der Waals surface area (Å²) in [4.78, 5) is 40.5. The second-order valence-corrected chi connectivity index (χ2v) is 13.1. The van der Waals surface area contributed by atoms with Crippen LogP contribution in [-0.4, -0.2) is 58.2 Å². The molecule has 0 bridgehead atoms. The molecule has 0 radical (unpaired) electrons. The number of amides is 2. The van der Waals surface area contributed by atoms with Gasteiger partial charge in [-0.15, -0.1) is 5.10 Å². The van der Waals surface area contributed by atoms with Crippen LogP contribution < -0.4 is 10.2 Å². The van der Waals surface area contributed by atoms with Gasteiger partial charge in [-0.2, -0.15) is 11.8 Å². The molecule has 0 fully saturated rings. The van der Waals surface area contributed by atoms with Crippen molar-refractivity contribution in [1.82, 2.24) is 20.3 Å². The number of nitrogens with zero attached hydrogens (tertiary/aromatic N) is 4. The number of aromatic nitrogens is 3. The molecule has 0 spiro atoms. The molecule has 1 atom stereocenters. The zero-order valence-corrected chi connectivity index (χ0v) is 25.8. The predicted octanol–water partition coefficient (Wildman–Crippen LogP) is 5.20. The van der Waals surface area contributed by atoms with Gasteiger partial charge in [-0.3, -0.25) is 9.59 Å². The fourth-order valence-corrected chi connectivity index (χ4v) is 6.60. The molecule has 4 rings (SSSR count). The van der Waals surface area contributed by atoms with Crippen molar-refractivity contribution in [3.05, 3.63) is 54.1 Å². The third-order valence-electron chi connectivity index (χ3n) is 7.28. The highest BCUT2D eigenvalue weighted by Crippen LogP contribution is 2.41. The van der Waals surface area contributed by atoms with E-state index in [0.29, 0.717) is 19.0 Å². The van der Waals surface area contributed by atoms with E-state index in [2.05, 4.69) is 43.3 Å². The summed E-state index contributed by atoms with van der Waals surface area (Å²) < 4.78 is 1.93. The Balaban J connectivity index is 1.55. The van der Waals surface area contributed by atoms with Crippen molar-refractivity contribution >= 4 is 42.1 Å². The normalized spacial score (nSPS) is 13.4. The first-order chi connectivity index (χ1) is 19.5. The highest BCUT2D eigenvalue weighted by molar-refractivity contribution is 8.00. The second kappa shape index (κ2) is 13.1. The summed E-state index contributed by atoms with van der Waals surface area (Å²) in [5, 5.41) is 11.8. The standard InChI is InChI=1S/C31H40BN5O3S/c1-20(2)16-37-28-24-13-9-10-14-25(24)36(17-22-11-7-8-12-23(22)27(28)34-35-37)30(40)32-26(38)18-41-19-31(4,5)15-21(3)29(39)33-6/h7-14,20-21,32H,15-19H2,1-6H3,(H,33,39). The van der Waals surface area contributed by atoms with E-state index in [1.807, 2.05) is 60.1 Å². The van der Waals surface area contributed by atoms with E-state index < -0.39 is 0 Å². The first-order valence-corrected chi connectivity index (χ1v) is 15.4. The molecule has 10 heteroatoms. The van der Waals surface area contributed by atoms with Gasteiger partial charge in [0.15, 0.2) is 5.81 Å².